The molecule has 3 saturated heterocycles. The maximum atomic E-state index is 14.3. The molecule has 0 aromatic heterocycles. The fourth-order valence-electron chi connectivity index (χ4n) is 7.58. The zero-order valence-corrected chi connectivity index (χ0v) is 30.1. The summed E-state index contributed by atoms with van der Waals surface area (Å²) in [5.41, 5.74) is -0.569. The predicted octanol–water partition coefficient (Wildman–Crippen LogP) is 2.29. The van der Waals surface area contributed by atoms with E-state index >= 15 is 0 Å². The van der Waals surface area contributed by atoms with Crippen LogP contribution in [0.2, 0.25) is 0 Å². The largest absolute Gasteiger partial charge is 0.379 e. The normalized spacial score (nSPS) is 28.8. The molecule has 0 radical (unpaired) electrons. The monoisotopic (exact) mass is 686 g/mol. The summed E-state index contributed by atoms with van der Waals surface area (Å²) in [5.74, 6) is -2.40. The third kappa shape index (κ3) is 9.61. The Labute approximate surface area is 291 Å². The van der Waals surface area contributed by atoms with Gasteiger partial charge in [0.15, 0.2) is 0 Å². The molecule has 1 aliphatic carbocycles. The van der Waals surface area contributed by atoms with Crippen LogP contribution in [0.4, 0.5) is 4.79 Å². The molecular weight excluding hydrogens is 628 g/mol. The van der Waals surface area contributed by atoms with Crippen LogP contribution in [0, 0.1) is 22.7 Å². The fourth-order valence-corrected chi connectivity index (χ4v) is 7.58. The van der Waals surface area contributed by atoms with Crippen molar-refractivity contribution in [3.8, 4) is 0 Å². The first kappa shape index (κ1) is 38.3. The number of rotatable bonds is 8. The van der Waals surface area contributed by atoms with Crippen molar-refractivity contribution in [1.82, 2.24) is 31.1 Å². The smallest absolute Gasteiger partial charge is 0.315 e. The Morgan fingerprint density at radius 2 is 1.78 bits per heavy atom. The minimum absolute atomic E-state index is 0.0643. The second-order valence-corrected chi connectivity index (χ2v) is 15.8. The first-order valence-electron chi connectivity index (χ1n) is 18.1. The second kappa shape index (κ2) is 16.5. The number of hydrogen-bond donors (Lipinski definition) is 4. The molecule has 0 aromatic carbocycles. The highest BCUT2D eigenvalue weighted by Crippen LogP contribution is 2.64. The van der Waals surface area contributed by atoms with Gasteiger partial charge in [0.05, 0.1) is 18.7 Å². The predicted molar refractivity (Wildman–Crippen MR) is 184 cm³/mol. The molecule has 3 heterocycles. The first-order valence-corrected chi connectivity index (χ1v) is 18.1. The SMILES string of the molecule is C=CCNC(=O)C(=O)[C@H]1CCCCCCCOC[C@@H](NC(=O)N[C@H](CN2CCCCC2=O)C(C)(C)C)C(=O)N2C[C@H]3[C@@H]([C@H]2C(=O)N1)C3(C)C. The quantitative estimate of drug-likeness (QED) is 0.225. The Balaban J connectivity index is 1.54. The number of urea groups is 1. The van der Waals surface area contributed by atoms with Crippen molar-refractivity contribution in [3.05, 3.63) is 12.7 Å². The Hall–Kier alpha value is -3.48. The Kier molecular flexibility index (Phi) is 12.9. The number of Topliss-reactive ketones (excluding diaryl/α,β-unsaturated/α-hetero) is 1. The summed E-state index contributed by atoms with van der Waals surface area (Å²) in [6.07, 6.45) is 8.05. The number of nitrogens with one attached hydrogen (secondary N) is 4. The van der Waals surface area contributed by atoms with E-state index in [4.69, 9.17) is 4.74 Å². The van der Waals surface area contributed by atoms with Crippen LogP contribution in [0.5, 0.6) is 0 Å². The van der Waals surface area contributed by atoms with Crippen LogP contribution >= 0.6 is 0 Å². The number of piperidine rings is 2. The van der Waals surface area contributed by atoms with E-state index in [0.29, 0.717) is 45.5 Å². The molecule has 0 bridgehead atoms. The number of amides is 6. The summed E-state index contributed by atoms with van der Waals surface area (Å²) in [7, 11) is 0. The van der Waals surface area contributed by atoms with Crippen LogP contribution in [-0.2, 0) is 28.7 Å². The van der Waals surface area contributed by atoms with Crippen molar-refractivity contribution < 1.29 is 33.5 Å². The molecule has 6 amide bonds. The van der Waals surface area contributed by atoms with Crippen molar-refractivity contribution >= 4 is 35.4 Å². The highest BCUT2D eigenvalue weighted by Gasteiger charge is 2.69. The molecule has 0 unspecified atom stereocenters. The van der Waals surface area contributed by atoms with Crippen LogP contribution in [-0.4, -0.2) is 109 Å². The molecule has 4 N–H and O–H groups in total. The van der Waals surface area contributed by atoms with Gasteiger partial charge in [-0.05, 0) is 48.3 Å². The van der Waals surface area contributed by atoms with Gasteiger partial charge in [-0.3, -0.25) is 24.0 Å². The number of ether oxygens (including phenoxy) is 1. The number of likely N-dealkylation sites (tertiary alicyclic amines) is 1. The molecule has 274 valence electrons. The maximum Gasteiger partial charge on any atom is 0.315 e. The Bertz CT molecular complexity index is 1260. The molecule has 49 heavy (non-hydrogen) atoms. The zero-order chi connectivity index (χ0) is 35.9. The van der Waals surface area contributed by atoms with E-state index in [1.165, 1.54) is 11.0 Å². The highest BCUT2D eigenvalue weighted by molar-refractivity contribution is 6.38. The standard InChI is InChI=1S/C36H58N6O7/c1-7-17-37-32(46)30(44)24-15-11-9-8-10-14-19-49-22-25(33(47)42-20-23-28(36(23,5)6)29(42)31(45)38-24)39-34(48)40-26(35(2,3)4)21-41-18-13-12-16-27(41)43/h7,23-26,28-29H,1,8-22H2,2-6H3,(H,37,46)(H,38,45)(H2,39,40,48)/t23-,24+,25+,26+,28-,29-/m0/s1. The molecule has 4 rings (SSSR count). The molecule has 0 spiro atoms. The van der Waals surface area contributed by atoms with Crippen molar-refractivity contribution in [2.45, 2.75) is 117 Å². The minimum atomic E-state index is -1.07. The topological polar surface area (TPSA) is 166 Å². The number of carbonyl (C=O) groups excluding carboxylic acids is 6. The maximum absolute atomic E-state index is 14.3. The second-order valence-electron chi connectivity index (χ2n) is 15.8. The van der Waals surface area contributed by atoms with Crippen molar-refractivity contribution in [2.75, 3.05) is 39.4 Å². The summed E-state index contributed by atoms with van der Waals surface area (Å²) in [4.78, 5) is 83.6. The van der Waals surface area contributed by atoms with Crippen LogP contribution < -0.4 is 21.3 Å². The van der Waals surface area contributed by atoms with E-state index in [2.05, 4.69) is 41.7 Å². The van der Waals surface area contributed by atoms with Gasteiger partial charge in [-0.25, -0.2) is 4.79 Å². The van der Waals surface area contributed by atoms with E-state index in [1.807, 2.05) is 20.8 Å². The van der Waals surface area contributed by atoms with E-state index in [9.17, 15) is 28.8 Å². The highest BCUT2D eigenvalue weighted by atomic mass is 16.5. The van der Waals surface area contributed by atoms with Crippen molar-refractivity contribution in [2.24, 2.45) is 22.7 Å². The Morgan fingerprint density at radius 1 is 1.06 bits per heavy atom. The lowest BCUT2D eigenvalue weighted by atomic mass is 9.86. The molecular formula is C36H58N6O7. The molecule has 13 nitrogen and oxygen atoms in total. The van der Waals surface area contributed by atoms with Gasteiger partial charge in [0, 0.05) is 39.2 Å². The zero-order valence-electron chi connectivity index (χ0n) is 30.1. The van der Waals surface area contributed by atoms with Gasteiger partial charge in [-0.15, -0.1) is 6.58 Å². The summed E-state index contributed by atoms with van der Waals surface area (Å²) < 4.78 is 5.95. The average molecular weight is 687 g/mol. The number of carbonyl (C=O) groups is 6. The average Bonchev–Trinajstić information content (AvgIpc) is 3.35. The minimum Gasteiger partial charge on any atom is -0.379 e. The van der Waals surface area contributed by atoms with Gasteiger partial charge < -0.3 is 35.8 Å². The summed E-state index contributed by atoms with van der Waals surface area (Å²) in [5, 5.41) is 11.2. The fraction of sp³-hybridized carbons (Fsp3) is 0.778. The third-order valence-electron chi connectivity index (χ3n) is 10.9. The van der Waals surface area contributed by atoms with Gasteiger partial charge in [-0.2, -0.15) is 0 Å². The lowest BCUT2D eigenvalue weighted by Gasteiger charge is -2.38. The van der Waals surface area contributed by atoms with Crippen LogP contribution in [0.15, 0.2) is 12.7 Å². The van der Waals surface area contributed by atoms with Gasteiger partial charge in [-0.1, -0.05) is 66.4 Å². The van der Waals surface area contributed by atoms with Gasteiger partial charge in [0.2, 0.25) is 23.5 Å². The van der Waals surface area contributed by atoms with Crippen LogP contribution in [0.25, 0.3) is 0 Å². The van der Waals surface area contributed by atoms with Crippen LogP contribution in [0.1, 0.15) is 92.4 Å². The number of nitrogens with zero attached hydrogens (tertiary/aromatic N) is 2. The van der Waals surface area contributed by atoms with Gasteiger partial charge in [0.1, 0.15) is 12.1 Å². The van der Waals surface area contributed by atoms with Crippen LogP contribution in [0.3, 0.4) is 0 Å². The number of ketones is 1. The number of hydrogen-bond acceptors (Lipinski definition) is 7. The van der Waals surface area contributed by atoms with Crippen molar-refractivity contribution in [3.63, 3.8) is 0 Å². The molecule has 4 aliphatic rings. The summed E-state index contributed by atoms with van der Waals surface area (Å²) in [6, 6.07) is -3.89. The summed E-state index contributed by atoms with van der Waals surface area (Å²) >= 11 is 0. The lowest BCUT2D eigenvalue weighted by Crippen LogP contribution is -2.61. The molecule has 3 aliphatic heterocycles. The molecule has 6 atom stereocenters. The van der Waals surface area contributed by atoms with Gasteiger partial charge in [0.25, 0.3) is 5.91 Å². The van der Waals surface area contributed by atoms with E-state index < -0.39 is 47.7 Å². The molecule has 13 heteroatoms. The summed E-state index contributed by atoms with van der Waals surface area (Å²) in [6.45, 7) is 15.5. The van der Waals surface area contributed by atoms with E-state index in [-0.39, 0.29) is 47.8 Å². The lowest BCUT2D eigenvalue weighted by molar-refractivity contribution is -0.144. The number of fused-ring (bicyclic) bond motifs is 3. The van der Waals surface area contributed by atoms with Gasteiger partial charge >= 0.3 is 6.03 Å². The third-order valence-corrected chi connectivity index (χ3v) is 10.9. The molecule has 0 aromatic rings. The molecule has 1 saturated carbocycles. The Morgan fingerprint density at radius 3 is 2.47 bits per heavy atom. The molecule has 4 fully saturated rings. The van der Waals surface area contributed by atoms with E-state index in [1.54, 1.807) is 4.90 Å². The van der Waals surface area contributed by atoms with Crippen molar-refractivity contribution in [1.29, 1.82) is 0 Å². The van der Waals surface area contributed by atoms with E-state index in [0.717, 1.165) is 38.5 Å². The first-order chi connectivity index (χ1) is 23.2.